The van der Waals surface area contributed by atoms with Crippen LogP contribution in [0.25, 0.3) is 10.2 Å². The molecule has 3 aromatic rings. The van der Waals surface area contributed by atoms with Gasteiger partial charge in [-0.1, -0.05) is 17.4 Å². The van der Waals surface area contributed by atoms with Crippen LogP contribution >= 0.6 is 11.3 Å². The third kappa shape index (κ3) is 4.81. The number of benzene rings is 2. The second kappa shape index (κ2) is 10.2. The first-order valence-corrected chi connectivity index (χ1v) is 11.3. The second-order valence-electron chi connectivity index (χ2n) is 7.88. The molecule has 0 aliphatic heterocycles. The molecule has 1 heterocycles. The average Bonchev–Trinajstić information content (AvgIpc) is 3.22. The number of nitrogens with zero attached hydrogens (tertiary/aromatic N) is 3. The highest BCUT2D eigenvalue weighted by molar-refractivity contribution is 7.22. The number of rotatable bonds is 9. The number of ether oxygens (including phenoxy) is 3. The fourth-order valence-corrected chi connectivity index (χ4v) is 4.57. The van der Waals surface area contributed by atoms with Gasteiger partial charge in [0.15, 0.2) is 16.6 Å². The van der Waals surface area contributed by atoms with Gasteiger partial charge in [-0.3, -0.25) is 9.69 Å². The van der Waals surface area contributed by atoms with E-state index in [-0.39, 0.29) is 5.91 Å². The first kappa shape index (κ1) is 23.8. The zero-order valence-corrected chi connectivity index (χ0v) is 20.6. The van der Waals surface area contributed by atoms with Gasteiger partial charge in [0.05, 0.1) is 31.5 Å². The monoisotopic (exact) mass is 457 g/mol. The largest absolute Gasteiger partial charge is 0.493 e. The van der Waals surface area contributed by atoms with Crippen LogP contribution in [0.2, 0.25) is 0 Å². The quantitative estimate of drug-likeness (QED) is 0.470. The minimum absolute atomic E-state index is 0.156. The number of hydrogen-bond acceptors (Lipinski definition) is 7. The normalized spacial score (nSPS) is 11.1. The van der Waals surface area contributed by atoms with Crippen molar-refractivity contribution in [3.8, 4) is 17.2 Å². The van der Waals surface area contributed by atoms with E-state index in [9.17, 15) is 4.79 Å². The number of amides is 1. The molecule has 2 aromatic carbocycles. The Balaban J connectivity index is 2.06. The second-order valence-corrected chi connectivity index (χ2v) is 8.89. The first-order chi connectivity index (χ1) is 15.3. The molecule has 0 saturated carbocycles. The molecule has 172 valence electrons. The Labute approximate surface area is 193 Å². The maximum absolute atomic E-state index is 13.7. The van der Waals surface area contributed by atoms with E-state index in [2.05, 4.69) is 30.9 Å². The first-order valence-electron chi connectivity index (χ1n) is 10.4. The van der Waals surface area contributed by atoms with Crippen LogP contribution in [0.5, 0.6) is 17.2 Å². The fourth-order valence-electron chi connectivity index (χ4n) is 3.52. The lowest BCUT2D eigenvalue weighted by Gasteiger charge is -2.22. The molecule has 1 aromatic heterocycles. The van der Waals surface area contributed by atoms with Gasteiger partial charge in [-0.2, -0.15) is 0 Å². The third-order valence-corrected chi connectivity index (χ3v) is 6.49. The van der Waals surface area contributed by atoms with Crippen LogP contribution in [0.4, 0.5) is 5.13 Å². The number of carbonyl (C=O) groups is 1. The van der Waals surface area contributed by atoms with Gasteiger partial charge in [0, 0.05) is 12.1 Å². The lowest BCUT2D eigenvalue weighted by molar-refractivity contribution is 0.0985. The van der Waals surface area contributed by atoms with E-state index in [1.54, 1.807) is 38.4 Å². The molecule has 0 aliphatic carbocycles. The zero-order valence-electron chi connectivity index (χ0n) is 19.8. The average molecular weight is 458 g/mol. The summed E-state index contributed by atoms with van der Waals surface area (Å²) in [7, 11) is 8.67. The summed E-state index contributed by atoms with van der Waals surface area (Å²) in [4.78, 5) is 22.4. The number of carbonyl (C=O) groups excluding carboxylic acids is 1. The predicted molar refractivity (Wildman–Crippen MR) is 130 cm³/mol. The summed E-state index contributed by atoms with van der Waals surface area (Å²) in [6, 6.07) is 7.54. The lowest BCUT2D eigenvalue weighted by Crippen LogP contribution is -2.33. The van der Waals surface area contributed by atoms with Crippen molar-refractivity contribution in [1.82, 2.24) is 9.88 Å². The summed E-state index contributed by atoms with van der Waals surface area (Å²) in [6.07, 6.45) is 0.817. The van der Waals surface area contributed by atoms with Crippen molar-refractivity contribution < 1.29 is 19.0 Å². The van der Waals surface area contributed by atoms with Crippen LogP contribution in [0.15, 0.2) is 24.3 Å². The highest BCUT2D eigenvalue weighted by Gasteiger charge is 2.25. The van der Waals surface area contributed by atoms with Crippen LogP contribution < -0.4 is 19.1 Å². The molecular weight excluding hydrogens is 426 g/mol. The van der Waals surface area contributed by atoms with Gasteiger partial charge < -0.3 is 19.1 Å². The van der Waals surface area contributed by atoms with Crippen LogP contribution in [0.3, 0.4) is 0 Å². The Morgan fingerprint density at radius 2 is 1.66 bits per heavy atom. The van der Waals surface area contributed by atoms with Crippen LogP contribution in [0, 0.1) is 13.8 Å². The van der Waals surface area contributed by atoms with E-state index >= 15 is 0 Å². The van der Waals surface area contributed by atoms with Crippen molar-refractivity contribution in [2.45, 2.75) is 20.3 Å². The molecule has 1 amide bonds. The number of aromatic nitrogens is 1. The number of aryl methyl sites for hydroxylation is 2. The summed E-state index contributed by atoms with van der Waals surface area (Å²) < 4.78 is 17.4. The highest BCUT2D eigenvalue weighted by atomic mass is 32.1. The van der Waals surface area contributed by atoms with E-state index in [0.717, 1.165) is 28.7 Å². The molecule has 0 N–H and O–H groups in total. The van der Waals surface area contributed by atoms with E-state index in [4.69, 9.17) is 19.2 Å². The van der Waals surface area contributed by atoms with Gasteiger partial charge in [-0.05, 0) is 70.2 Å². The molecule has 7 nitrogen and oxygen atoms in total. The van der Waals surface area contributed by atoms with Crippen molar-refractivity contribution in [1.29, 1.82) is 0 Å². The number of thiazole rings is 1. The molecule has 32 heavy (non-hydrogen) atoms. The Hall–Kier alpha value is -2.84. The summed E-state index contributed by atoms with van der Waals surface area (Å²) in [5, 5.41) is 0.686. The lowest BCUT2D eigenvalue weighted by atomic mass is 10.1. The molecule has 0 saturated heterocycles. The van der Waals surface area contributed by atoms with Gasteiger partial charge >= 0.3 is 0 Å². The topological polar surface area (TPSA) is 64.1 Å². The van der Waals surface area contributed by atoms with Gasteiger partial charge in [-0.15, -0.1) is 0 Å². The molecule has 3 rings (SSSR count). The maximum atomic E-state index is 13.7. The Morgan fingerprint density at radius 1 is 1.00 bits per heavy atom. The van der Waals surface area contributed by atoms with Gasteiger partial charge in [-0.25, -0.2) is 4.98 Å². The number of hydrogen-bond donors (Lipinski definition) is 0. The summed E-state index contributed by atoms with van der Waals surface area (Å²) >= 11 is 1.53. The zero-order chi connectivity index (χ0) is 23.4. The standard InChI is InChI=1S/C24H31N3O4S/c1-15-9-10-20-21(16(15)2)25-24(32-20)27(12-8-11-26(3)4)23(28)17-13-18(29-5)22(31-7)19(14-17)30-6/h9-10,13-14H,8,11-12H2,1-7H3. The van der Waals surface area contributed by atoms with Crippen LogP contribution in [-0.4, -0.2) is 64.3 Å². The maximum Gasteiger partial charge on any atom is 0.260 e. The molecule has 0 spiro atoms. The molecule has 0 atom stereocenters. The number of methoxy groups -OCH3 is 3. The summed E-state index contributed by atoms with van der Waals surface area (Å²) in [5.41, 5.74) is 3.72. The van der Waals surface area contributed by atoms with Crippen molar-refractivity contribution >= 4 is 32.6 Å². The molecule has 0 unspecified atom stereocenters. The SMILES string of the molecule is COc1cc(C(=O)N(CCCN(C)C)c2nc3c(C)c(C)ccc3s2)cc(OC)c1OC. The molecule has 0 radical (unpaired) electrons. The number of fused-ring (bicyclic) bond motifs is 1. The predicted octanol–water partition coefficient (Wildman–Crippen LogP) is 4.54. The summed E-state index contributed by atoms with van der Waals surface area (Å²) in [6.45, 7) is 5.55. The third-order valence-electron chi connectivity index (χ3n) is 5.45. The van der Waals surface area contributed by atoms with E-state index < -0.39 is 0 Å². The van der Waals surface area contributed by atoms with Crippen LogP contribution in [0.1, 0.15) is 27.9 Å². The van der Waals surface area contributed by atoms with Gasteiger partial charge in [0.2, 0.25) is 5.75 Å². The summed E-state index contributed by atoms with van der Waals surface area (Å²) in [5.74, 6) is 1.19. The molecule has 0 aliphatic rings. The van der Waals surface area contributed by atoms with Crippen molar-refractivity contribution in [2.75, 3.05) is 53.4 Å². The molecule has 0 fully saturated rings. The highest BCUT2D eigenvalue weighted by Crippen LogP contribution is 2.39. The van der Waals surface area contributed by atoms with Crippen molar-refractivity contribution in [2.24, 2.45) is 0 Å². The van der Waals surface area contributed by atoms with Gasteiger partial charge in [0.25, 0.3) is 5.91 Å². The van der Waals surface area contributed by atoms with Crippen molar-refractivity contribution in [3.05, 3.63) is 41.0 Å². The van der Waals surface area contributed by atoms with E-state index in [1.165, 1.54) is 16.9 Å². The number of anilines is 1. The van der Waals surface area contributed by atoms with Gasteiger partial charge in [0.1, 0.15) is 0 Å². The van der Waals surface area contributed by atoms with Crippen molar-refractivity contribution in [3.63, 3.8) is 0 Å². The van der Waals surface area contributed by atoms with Crippen LogP contribution in [-0.2, 0) is 0 Å². The minimum Gasteiger partial charge on any atom is -0.493 e. The minimum atomic E-state index is -0.156. The molecule has 8 heteroatoms. The Bertz CT molecular complexity index is 1090. The molecular formula is C24H31N3O4S. The molecule has 0 bridgehead atoms. The Kier molecular flexibility index (Phi) is 7.58. The Morgan fingerprint density at radius 3 is 2.22 bits per heavy atom. The van der Waals surface area contributed by atoms with E-state index in [1.807, 2.05) is 14.1 Å². The smallest absolute Gasteiger partial charge is 0.260 e. The van der Waals surface area contributed by atoms with E-state index in [0.29, 0.717) is 34.5 Å². The fraction of sp³-hybridized carbons (Fsp3) is 0.417.